The SMILES string of the molecule is Cc1c(C(=O)NC2CCC(CO)CC2)cnn1-c1ccc(F)cc1. The number of benzene rings is 1. The number of aliphatic hydroxyl groups excluding tert-OH is 1. The predicted octanol–water partition coefficient (Wildman–Crippen LogP) is 2.60. The summed E-state index contributed by atoms with van der Waals surface area (Å²) in [5.41, 5.74) is 1.98. The second kappa shape index (κ2) is 7.13. The molecule has 1 aromatic heterocycles. The average molecular weight is 331 g/mol. The van der Waals surface area contributed by atoms with Crippen molar-refractivity contribution in [2.75, 3.05) is 6.61 Å². The summed E-state index contributed by atoms with van der Waals surface area (Å²) in [5.74, 6) is -0.0746. The van der Waals surface area contributed by atoms with Gasteiger partial charge in [0.2, 0.25) is 0 Å². The highest BCUT2D eigenvalue weighted by atomic mass is 19.1. The molecule has 0 bridgehead atoms. The highest BCUT2D eigenvalue weighted by Gasteiger charge is 2.23. The number of halogens is 1. The van der Waals surface area contributed by atoms with Gasteiger partial charge in [-0.25, -0.2) is 9.07 Å². The number of carbonyl (C=O) groups excluding carboxylic acids is 1. The predicted molar refractivity (Wildman–Crippen MR) is 88.6 cm³/mol. The third kappa shape index (κ3) is 3.48. The Labute approximate surface area is 140 Å². The van der Waals surface area contributed by atoms with Crippen LogP contribution in [0.2, 0.25) is 0 Å². The van der Waals surface area contributed by atoms with Crippen LogP contribution in [0.4, 0.5) is 4.39 Å². The minimum Gasteiger partial charge on any atom is -0.396 e. The second-order valence-electron chi connectivity index (χ2n) is 6.41. The molecule has 1 aromatic carbocycles. The van der Waals surface area contributed by atoms with E-state index in [0.29, 0.717) is 11.5 Å². The summed E-state index contributed by atoms with van der Waals surface area (Å²) in [6.07, 6.45) is 5.21. The minimum absolute atomic E-state index is 0.131. The Hall–Kier alpha value is -2.21. The van der Waals surface area contributed by atoms with Gasteiger partial charge in [0.25, 0.3) is 5.91 Å². The number of amides is 1. The topological polar surface area (TPSA) is 67.2 Å². The lowest BCUT2D eigenvalue weighted by atomic mass is 9.86. The van der Waals surface area contributed by atoms with Gasteiger partial charge in [0.05, 0.1) is 23.1 Å². The summed E-state index contributed by atoms with van der Waals surface area (Å²) < 4.78 is 14.7. The van der Waals surface area contributed by atoms with Crippen LogP contribution in [-0.4, -0.2) is 33.4 Å². The number of nitrogens with zero attached hydrogens (tertiary/aromatic N) is 2. The van der Waals surface area contributed by atoms with Crippen LogP contribution < -0.4 is 5.32 Å². The third-order valence-electron chi connectivity index (χ3n) is 4.77. The Kier molecular flexibility index (Phi) is 4.94. The molecule has 6 heteroatoms. The van der Waals surface area contributed by atoms with Gasteiger partial charge in [0.15, 0.2) is 0 Å². The zero-order valence-corrected chi connectivity index (χ0v) is 13.7. The van der Waals surface area contributed by atoms with Crippen LogP contribution in [0, 0.1) is 18.7 Å². The molecule has 1 saturated carbocycles. The Balaban J connectivity index is 1.69. The van der Waals surface area contributed by atoms with Crippen molar-refractivity contribution in [2.24, 2.45) is 5.92 Å². The minimum atomic E-state index is -0.306. The monoisotopic (exact) mass is 331 g/mol. The van der Waals surface area contributed by atoms with Crippen molar-refractivity contribution in [1.82, 2.24) is 15.1 Å². The fourth-order valence-corrected chi connectivity index (χ4v) is 3.23. The first-order valence-corrected chi connectivity index (χ1v) is 8.30. The van der Waals surface area contributed by atoms with Crippen molar-refractivity contribution >= 4 is 5.91 Å². The van der Waals surface area contributed by atoms with Crippen LogP contribution in [-0.2, 0) is 0 Å². The third-order valence-corrected chi connectivity index (χ3v) is 4.77. The van der Waals surface area contributed by atoms with E-state index in [1.165, 1.54) is 12.1 Å². The van der Waals surface area contributed by atoms with Crippen molar-refractivity contribution in [1.29, 1.82) is 0 Å². The van der Waals surface area contributed by atoms with Crippen LogP contribution in [0.25, 0.3) is 5.69 Å². The molecule has 3 rings (SSSR count). The van der Waals surface area contributed by atoms with Crippen molar-refractivity contribution in [3.05, 3.63) is 47.5 Å². The normalized spacial score (nSPS) is 20.8. The van der Waals surface area contributed by atoms with Gasteiger partial charge < -0.3 is 10.4 Å². The molecule has 0 atom stereocenters. The highest BCUT2D eigenvalue weighted by Crippen LogP contribution is 2.24. The van der Waals surface area contributed by atoms with Crippen molar-refractivity contribution in [2.45, 2.75) is 38.6 Å². The first-order chi connectivity index (χ1) is 11.6. The molecule has 0 radical (unpaired) electrons. The molecule has 1 fully saturated rings. The summed E-state index contributed by atoms with van der Waals surface area (Å²) in [6.45, 7) is 2.05. The molecule has 1 amide bonds. The van der Waals surface area contributed by atoms with Gasteiger partial charge in [0.1, 0.15) is 5.82 Å². The molecule has 0 unspecified atom stereocenters. The van der Waals surface area contributed by atoms with Crippen molar-refractivity contribution < 1.29 is 14.3 Å². The molecule has 1 heterocycles. The zero-order chi connectivity index (χ0) is 17.1. The fraction of sp³-hybridized carbons (Fsp3) is 0.444. The lowest BCUT2D eigenvalue weighted by Gasteiger charge is -2.27. The summed E-state index contributed by atoms with van der Waals surface area (Å²) in [5, 5.41) is 16.5. The van der Waals surface area contributed by atoms with Crippen LogP contribution in [0.3, 0.4) is 0 Å². The highest BCUT2D eigenvalue weighted by molar-refractivity contribution is 5.95. The van der Waals surface area contributed by atoms with Gasteiger partial charge in [-0.3, -0.25) is 4.79 Å². The Morgan fingerprint density at radius 3 is 2.58 bits per heavy atom. The molecule has 24 heavy (non-hydrogen) atoms. The van der Waals surface area contributed by atoms with E-state index in [1.807, 2.05) is 6.92 Å². The largest absolute Gasteiger partial charge is 0.396 e. The molecular formula is C18H22FN3O2. The summed E-state index contributed by atoms with van der Waals surface area (Å²) in [4.78, 5) is 12.5. The smallest absolute Gasteiger partial charge is 0.254 e. The van der Waals surface area contributed by atoms with Gasteiger partial charge in [-0.05, 0) is 62.8 Å². The molecule has 1 aliphatic rings. The molecular weight excluding hydrogens is 309 g/mol. The van der Waals surface area contributed by atoms with E-state index < -0.39 is 0 Å². The molecule has 128 valence electrons. The molecule has 0 spiro atoms. The maximum absolute atomic E-state index is 13.0. The van der Waals surface area contributed by atoms with E-state index in [2.05, 4.69) is 10.4 Å². The van der Waals surface area contributed by atoms with Crippen molar-refractivity contribution in [3.8, 4) is 5.69 Å². The van der Waals surface area contributed by atoms with Gasteiger partial charge in [-0.15, -0.1) is 0 Å². The number of carbonyl (C=O) groups is 1. The first-order valence-electron chi connectivity index (χ1n) is 8.30. The van der Waals surface area contributed by atoms with Crippen LogP contribution in [0.5, 0.6) is 0 Å². The van der Waals surface area contributed by atoms with E-state index >= 15 is 0 Å². The zero-order valence-electron chi connectivity index (χ0n) is 13.7. The Morgan fingerprint density at radius 1 is 1.29 bits per heavy atom. The van der Waals surface area contributed by atoms with Crippen LogP contribution >= 0.6 is 0 Å². The van der Waals surface area contributed by atoms with Crippen LogP contribution in [0.15, 0.2) is 30.5 Å². The van der Waals surface area contributed by atoms with E-state index in [-0.39, 0.29) is 24.4 Å². The lowest BCUT2D eigenvalue weighted by Crippen LogP contribution is -2.38. The van der Waals surface area contributed by atoms with Gasteiger partial charge in [-0.1, -0.05) is 0 Å². The Morgan fingerprint density at radius 2 is 1.96 bits per heavy atom. The standard InChI is InChI=1S/C18H22FN3O2/c1-12-17(10-20-22(12)16-8-4-14(19)5-9-16)18(24)21-15-6-2-13(11-23)3-7-15/h4-5,8-10,13,15,23H,2-3,6-7,11H2,1H3,(H,21,24). The number of aromatic nitrogens is 2. The molecule has 0 saturated heterocycles. The molecule has 2 N–H and O–H groups in total. The summed E-state index contributed by atoms with van der Waals surface area (Å²) >= 11 is 0. The van der Waals surface area contributed by atoms with E-state index in [0.717, 1.165) is 37.1 Å². The Bertz CT molecular complexity index is 704. The van der Waals surface area contributed by atoms with E-state index in [4.69, 9.17) is 0 Å². The average Bonchev–Trinajstić information content (AvgIpc) is 2.98. The lowest BCUT2D eigenvalue weighted by molar-refractivity contribution is 0.0913. The first kappa shape index (κ1) is 16.6. The number of nitrogens with one attached hydrogen (secondary N) is 1. The quantitative estimate of drug-likeness (QED) is 0.905. The number of rotatable bonds is 4. The van der Waals surface area contributed by atoms with E-state index in [1.54, 1.807) is 23.0 Å². The number of hydrogen-bond donors (Lipinski definition) is 2. The molecule has 0 aliphatic heterocycles. The maximum Gasteiger partial charge on any atom is 0.254 e. The van der Waals surface area contributed by atoms with Gasteiger partial charge in [0, 0.05) is 12.6 Å². The molecule has 2 aromatic rings. The van der Waals surface area contributed by atoms with Crippen molar-refractivity contribution in [3.63, 3.8) is 0 Å². The molecule has 1 aliphatic carbocycles. The maximum atomic E-state index is 13.0. The van der Waals surface area contributed by atoms with Gasteiger partial charge in [-0.2, -0.15) is 5.10 Å². The number of aliphatic hydroxyl groups is 1. The van der Waals surface area contributed by atoms with E-state index in [9.17, 15) is 14.3 Å². The summed E-state index contributed by atoms with van der Waals surface area (Å²) in [7, 11) is 0. The summed E-state index contributed by atoms with van der Waals surface area (Å²) in [6, 6.07) is 6.15. The fourth-order valence-electron chi connectivity index (χ4n) is 3.23. The number of hydrogen-bond acceptors (Lipinski definition) is 3. The molecule has 5 nitrogen and oxygen atoms in total. The second-order valence-corrected chi connectivity index (χ2v) is 6.41. The van der Waals surface area contributed by atoms with Crippen LogP contribution in [0.1, 0.15) is 41.7 Å². The van der Waals surface area contributed by atoms with Gasteiger partial charge >= 0.3 is 0 Å².